The molecule has 0 saturated carbocycles. The molecule has 7 nitrogen and oxygen atoms in total. The van der Waals surface area contributed by atoms with E-state index >= 15 is 0 Å². The van der Waals surface area contributed by atoms with Crippen LogP contribution in [0.15, 0.2) is 39.5 Å². The average Bonchev–Trinajstić information content (AvgIpc) is 2.82. The Bertz CT molecular complexity index is 1180. The molecule has 0 atom stereocenters. The van der Waals surface area contributed by atoms with E-state index in [1.807, 2.05) is 18.2 Å². The molecule has 0 unspecified atom stereocenters. The van der Waals surface area contributed by atoms with Gasteiger partial charge >= 0.3 is 5.97 Å². The van der Waals surface area contributed by atoms with Crippen molar-refractivity contribution in [2.24, 2.45) is 0 Å². The summed E-state index contributed by atoms with van der Waals surface area (Å²) in [6.07, 6.45) is 0. The van der Waals surface area contributed by atoms with Crippen LogP contribution < -0.4 is 10.3 Å². The van der Waals surface area contributed by atoms with Crippen LogP contribution in [0.1, 0.15) is 36.7 Å². The second-order valence-electron chi connectivity index (χ2n) is 7.87. The first kappa shape index (κ1) is 22.3. The van der Waals surface area contributed by atoms with Crippen molar-refractivity contribution in [1.82, 2.24) is 4.90 Å². The quantitative estimate of drug-likeness (QED) is 0.410. The summed E-state index contributed by atoms with van der Waals surface area (Å²) in [5.74, 6) is 0.271. The van der Waals surface area contributed by atoms with Crippen LogP contribution in [0.5, 0.6) is 0 Å². The molecule has 2 heterocycles. The first-order chi connectivity index (χ1) is 15.6. The van der Waals surface area contributed by atoms with Gasteiger partial charge in [0.25, 0.3) is 0 Å². The van der Waals surface area contributed by atoms with E-state index in [1.165, 1.54) is 0 Å². The summed E-state index contributed by atoms with van der Waals surface area (Å²) < 4.78 is 17.0. The largest absolute Gasteiger partial charge is 0.462 e. The van der Waals surface area contributed by atoms with Crippen LogP contribution in [0.4, 0.5) is 5.88 Å². The lowest BCUT2D eigenvalue weighted by atomic mass is 10.0. The normalized spacial score (nSPS) is 14.7. The third-order valence-electron chi connectivity index (χ3n) is 5.99. The Hall–Kier alpha value is -2.90. The lowest BCUT2D eigenvalue weighted by Crippen LogP contribution is -2.38. The molecule has 1 aromatic heterocycles. The van der Waals surface area contributed by atoms with E-state index in [-0.39, 0.29) is 11.4 Å². The monoisotopic (exact) mass is 438 g/mol. The van der Waals surface area contributed by atoms with Gasteiger partial charge < -0.3 is 18.8 Å². The number of ether oxygens (including phenoxy) is 2. The van der Waals surface area contributed by atoms with Crippen molar-refractivity contribution in [3.05, 3.63) is 51.7 Å². The fourth-order valence-electron chi connectivity index (χ4n) is 4.27. The van der Waals surface area contributed by atoms with Crippen molar-refractivity contribution in [3.63, 3.8) is 0 Å². The van der Waals surface area contributed by atoms with Crippen LogP contribution in [-0.4, -0.2) is 56.9 Å². The number of carbonyl (C=O) groups is 1. The summed E-state index contributed by atoms with van der Waals surface area (Å²) in [6, 6.07) is 9.00. The smallest absolute Gasteiger partial charge is 0.338 e. The van der Waals surface area contributed by atoms with Crippen molar-refractivity contribution in [3.8, 4) is 0 Å². The number of benzene rings is 2. The van der Waals surface area contributed by atoms with Gasteiger partial charge in [-0.2, -0.15) is 0 Å². The highest BCUT2D eigenvalue weighted by atomic mass is 16.5. The summed E-state index contributed by atoms with van der Waals surface area (Å²) in [6.45, 7) is 11.1. The van der Waals surface area contributed by atoms with E-state index in [9.17, 15) is 9.59 Å². The number of fused-ring (bicyclic) bond motifs is 3. The number of nitrogens with zero attached hydrogens (tertiary/aromatic N) is 2. The van der Waals surface area contributed by atoms with E-state index in [2.05, 4.69) is 23.6 Å². The number of hydrogen-bond acceptors (Lipinski definition) is 7. The Kier molecular flexibility index (Phi) is 6.77. The van der Waals surface area contributed by atoms with Crippen molar-refractivity contribution in [2.45, 2.75) is 27.3 Å². The first-order valence-electron chi connectivity index (χ1n) is 11.3. The second-order valence-corrected chi connectivity index (χ2v) is 7.87. The summed E-state index contributed by atoms with van der Waals surface area (Å²) >= 11 is 0. The molecule has 0 amide bonds. The van der Waals surface area contributed by atoms with Gasteiger partial charge in [0.2, 0.25) is 5.88 Å². The van der Waals surface area contributed by atoms with E-state index in [0.717, 1.165) is 37.0 Å². The Balaban J connectivity index is 1.90. The predicted octanol–water partition coefficient (Wildman–Crippen LogP) is 3.80. The molecule has 7 heteroatoms. The van der Waals surface area contributed by atoms with E-state index in [1.54, 1.807) is 19.1 Å². The van der Waals surface area contributed by atoms with Crippen LogP contribution in [0, 0.1) is 0 Å². The lowest BCUT2D eigenvalue weighted by molar-refractivity contribution is 0.0339. The number of morpholine rings is 1. The zero-order valence-electron chi connectivity index (χ0n) is 19.0. The van der Waals surface area contributed by atoms with Gasteiger partial charge in [-0.1, -0.05) is 12.1 Å². The van der Waals surface area contributed by atoms with Gasteiger partial charge in [0, 0.05) is 32.7 Å². The van der Waals surface area contributed by atoms with Crippen LogP contribution in [0.2, 0.25) is 0 Å². The van der Waals surface area contributed by atoms with Crippen molar-refractivity contribution < 1.29 is 18.7 Å². The highest BCUT2D eigenvalue weighted by molar-refractivity contribution is 6.08. The molecular weight excluding hydrogens is 408 g/mol. The maximum atomic E-state index is 13.9. The van der Waals surface area contributed by atoms with Gasteiger partial charge in [0.1, 0.15) is 5.58 Å². The Morgan fingerprint density at radius 1 is 1.09 bits per heavy atom. The SMILES string of the molecule is CCOC(=O)c1ccc2c(ccc3oc(N(CC)CC)c(CN4CCOCC4)c(=O)c32)c1. The molecule has 0 bridgehead atoms. The van der Waals surface area contributed by atoms with Gasteiger partial charge in [-0.05, 0) is 49.7 Å². The molecule has 4 rings (SSSR count). The molecule has 0 spiro atoms. The van der Waals surface area contributed by atoms with Crippen LogP contribution in [0.3, 0.4) is 0 Å². The number of anilines is 1. The molecule has 32 heavy (non-hydrogen) atoms. The Morgan fingerprint density at radius 3 is 2.53 bits per heavy atom. The fraction of sp³-hybridized carbons (Fsp3) is 0.440. The number of hydrogen-bond donors (Lipinski definition) is 0. The fourth-order valence-corrected chi connectivity index (χ4v) is 4.27. The van der Waals surface area contributed by atoms with Gasteiger partial charge in [0.05, 0.1) is 36.3 Å². The van der Waals surface area contributed by atoms with Crippen LogP contribution in [-0.2, 0) is 16.0 Å². The summed E-state index contributed by atoms with van der Waals surface area (Å²) in [5.41, 5.74) is 1.68. The zero-order valence-corrected chi connectivity index (χ0v) is 19.0. The van der Waals surface area contributed by atoms with E-state index in [0.29, 0.717) is 54.3 Å². The molecule has 0 radical (unpaired) electrons. The maximum absolute atomic E-state index is 13.9. The molecule has 1 aliphatic rings. The second kappa shape index (κ2) is 9.71. The maximum Gasteiger partial charge on any atom is 0.338 e. The topological polar surface area (TPSA) is 72.2 Å². The lowest BCUT2D eigenvalue weighted by Gasteiger charge is -2.29. The van der Waals surface area contributed by atoms with Crippen LogP contribution >= 0.6 is 0 Å². The summed E-state index contributed by atoms with van der Waals surface area (Å²) in [5, 5.41) is 2.14. The third-order valence-corrected chi connectivity index (χ3v) is 5.99. The number of esters is 1. The number of carbonyl (C=O) groups excluding carboxylic acids is 1. The minimum Gasteiger partial charge on any atom is -0.462 e. The van der Waals surface area contributed by atoms with Gasteiger partial charge in [0.15, 0.2) is 5.43 Å². The third kappa shape index (κ3) is 4.23. The van der Waals surface area contributed by atoms with Crippen molar-refractivity contribution in [1.29, 1.82) is 0 Å². The van der Waals surface area contributed by atoms with Crippen molar-refractivity contribution >= 4 is 33.6 Å². The molecule has 1 aliphatic heterocycles. The molecule has 1 saturated heterocycles. The van der Waals surface area contributed by atoms with Gasteiger partial charge in [-0.3, -0.25) is 9.69 Å². The molecule has 0 N–H and O–H groups in total. The average molecular weight is 439 g/mol. The molecule has 2 aromatic carbocycles. The first-order valence-corrected chi connectivity index (χ1v) is 11.3. The minimum atomic E-state index is -0.369. The molecule has 3 aromatic rings. The standard InChI is InChI=1S/C25H30N2O5/c1-4-27(5-2)24-20(16-26-11-13-30-14-12-26)23(28)22-19-9-7-18(25(29)31-6-3)15-17(19)8-10-21(22)32-24/h7-10,15H,4-6,11-14,16H2,1-3H3. The molecule has 170 valence electrons. The van der Waals surface area contributed by atoms with Gasteiger partial charge in [-0.25, -0.2) is 4.79 Å². The van der Waals surface area contributed by atoms with Crippen LogP contribution in [0.25, 0.3) is 21.7 Å². The van der Waals surface area contributed by atoms with E-state index in [4.69, 9.17) is 13.9 Å². The van der Waals surface area contributed by atoms with E-state index < -0.39 is 0 Å². The van der Waals surface area contributed by atoms with Gasteiger partial charge in [-0.15, -0.1) is 0 Å². The highest BCUT2D eigenvalue weighted by Crippen LogP contribution is 2.30. The van der Waals surface area contributed by atoms with Crippen molar-refractivity contribution in [2.75, 3.05) is 50.9 Å². The summed E-state index contributed by atoms with van der Waals surface area (Å²) in [7, 11) is 0. The Labute approximate surface area is 187 Å². The number of rotatable bonds is 7. The predicted molar refractivity (Wildman–Crippen MR) is 126 cm³/mol. The molecular formula is C25H30N2O5. The highest BCUT2D eigenvalue weighted by Gasteiger charge is 2.23. The molecule has 0 aliphatic carbocycles. The summed E-state index contributed by atoms with van der Waals surface area (Å²) in [4.78, 5) is 30.3. The minimum absolute atomic E-state index is 0.0193. The molecule has 1 fully saturated rings. The zero-order chi connectivity index (χ0) is 22.7. The Morgan fingerprint density at radius 2 is 1.84 bits per heavy atom.